The van der Waals surface area contributed by atoms with Crippen LogP contribution in [0.1, 0.15) is 19.4 Å². The Morgan fingerprint density at radius 1 is 1.58 bits per heavy atom. The maximum absolute atomic E-state index is 5.71. The number of ether oxygens (including phenoxy) is 1. The molecule has 0 fully saturated rings. The van der Waals surface area contributed by atoms with Crippen molar-refractivity contribution in [2.75, 3.05) is 0 Å². The van der Waals surface area contributed by atoms with E-state index in [4.69, 9.17) is 16.3 Å². The molecule has 0 saturated carbocycles. The van der Waals surface area contributed by atoms with Crippen LogP contribution in [0, 0.1) is 0 Å². The molecule has 0 bridgehead atoms. The highest BCUT2D eigenvalue weighted by atomic mass is 35.5. The quantitative estimate of drug-likeness (QED) is 0.676. The Kier molecular flexibility index (Phi) is 3.35. The van der Waals surface area contributed by atoms with Crippen LogP contribution in [0.4, 0.5) is 0 Å². The first kappa shape index (κ1) is 9.33. The van der Waals surface area contributed by atoms with Crippen LogP contribution in [-0.2, 0) is 5.88 Å². The third-order valence-electron chi connectivity index (χ3n) is 1.38. The van der Waals surface area contributed by atoms with Crippen molar-refractivity contribution in [3.05, 3.63) is 24.0 Å². The minimum absolute atomic E-state index is 0.163. The number of nitrogens with zero attached hydrogens (tertiary/aromatic N) is 1. The lowest BCUT2D eigenvalue weighted by atomic mass is 10.3. The number of hydrogen-bond donors (Lipinski definition) is 0. The summed E-state index contributed by atoms with van der Waals surface area (Å²) >= 11 is 5.71. The summed E-state index contributed by atoms with van der Waals surface area (Å²) in [6, 6.07) is 1.87. The van der Waals surface area contributed by atoms with Crippen LogP contribution in [0.25, 0.3) is 0 Å². The molecule has 0 radical (unpaired) electrons. The maximum atomic E-state index is 5.71. The van der Waals surface area contributed by atoms with Gasteiger partial charge in [0.25, 0.3) is 0 Å². The fourth-order valence-electron chi connectivity index (χ4n) is 0.879. The van der Waals surface area contributed by atoms with E-state index >= 15 is 0 Å². The van der Waals surface area contributed by atoms with Gasteiger partial charge in [0.15, 0.2) is 0 Å². The molecule has 12 heavy (non-hydrogen) atoms. The Morgan fingerprint density at radius 3 is 2.92 bits per heavy atom. The molecule has 0 aliphatic heterocycles. The zero-order valence-corrected chi connectivity index (χ0v) is 8.01. The summed E-state index contributed by atoms with van der Waals surface area (Å²) < 4.78 is 5.49. The van der Waals surface area contributed by atoms with Crippen LogP contribution in [-0.4, -0.2) is 11.1 Å². The Balaban J connectivity index is 2.82. The second-order valence-electron chi connectivity index (χ2n) is 2.78. The average Bonchev–Trinajstić information content (AvgIpc) is 2.04. The average molecular weight is 186 g/mol. The van der Waals surface area contributed by atoms with E-state index < -0.39 is 0 Å². The molecular formula is C9H12ClNO. The van der Waals surface area contributed by atoms with E-state index in [1.54, 1.807) is 12.4 Å². The Bertz CT molecular complexity index is 250. The number of rotatable bonds is 3. The van der Waals surface area contributed by atoms with E-state index in [-0.39, 0.29) is 6.10 Å². The van der Waals surface area contributed by atoms with Gasteiger partial charge in [0.2, 0.25) is 0 Å². The molecule has 1 rings (SSSR count). The van der Waals surface area contributed by atoms with Gasteiger partial charge in [-0.05, 0) is 19.9 Å². The van der Waals surface area contributed by atoms with Crippen LogP contribution in [0.3, 0.4) is 0 Å². The van der Waals surface area contributed by atoms with Crippen molar-refractivity contribution in [2.45, 2.75) is 25.8 Å². The predicted octanol–water partition coefficient (Wildman–Crippen LogP) is 2.61. The molecule has 1 aromatic rings. The van der Waals surface area contributed by atoms with E-state index in [9.17, 15) is 0 Å². The summed E-state index contributed by atoms with van der Waals surface area (Å²) in [5, 5.41) is 0. The highest BCUT2D eigenvalue weighted by molar-refractivity contribution is 6.17. The van der Waals surface area contributed by atoms with E-state index in [1.165, 1.54) is 0 Å². The summed E-state index contributed by atoms with van der Waals surface area (Å²) in [6.07, 6.45) is 3.57. The molecule has 1 heterocycles. The number of pyridine rings is 1. The van der Waals surface area contributed by atoms with Gasteiger partial charge in [-0.1, -0.05) is 0 Å². The van der Waals surface area contributed by atoms with Crippen molar-refractivity contribution < 1.29 is 4.74 Å². The van der Waals surface area contributed by atoms with Gasteiger partial charge >= 0.3 is 0 Å². The van der Waals surface area contributed by atoms with Crippen molar-refractivity contribution in [1.29, 1.82) is 0 Å². The van der Waals surface area contributed by atoms with E-state index in [2.05, 4.69) is 4.98 Å². The van der Waals surface area contributed by atoms with Crippen molar-refractivity contribution in [1.82, 2.24) is 4.98 Å². The minimum Gasteiger partial charge on any atom is -0.489 e. The minimum atomic E-state index is 0.163. The van der Waals surface area contributed by atoms with Crippen molar-refractivity contribution in [3.63, 3.8) is 0 Å². The Hall–Kier alpha value is -0.760. The van der Waals surface area contributed by atoms with Gasteiger partial charge in [-0.2, -0.15) is 0 Å². The molecular weight excluding hydrogens is 174 g/mol. The lowest BCUT2D eigenvalue weighted by molar-refractivity contribution is 0.239. The van der Waals surface area contributed by atoms with Gasteiger partial charge in [-0.15, -0.1) is 11.6 Å². The van der Waals surface area contributed by atoms with Gasteiger partial charge < -0.3 is 4.74 Å². The summed E-state index contributed by atoms with van der Waals surface area (Å²) in [4.78, 5) is 3.96. The third-order valence-corrected chi connectivity index (χ3v) is 1.66. The smallest absolute Gasteiger partial charge is 0.142 e. The largest absolute Gasteiger partial charge is 0.489 e. The molecule has 0 aliphatic rings. The highest BCUT2D eigenvalue weighted by Crippen LogP contribution is 2.19. The lowest BCUT2D eigenvalue weighted by Gasteiger charge is -2.11. The first-order chi connectivity index (χ1) is 5.74. The third kappa shape index (κ3) is 2.38. The summed E-state index contributed by atoms with van der Waals surface area (Å²) in [5.74, 6) is 1.24. The second-order valence-corrected chi connectivity index (χ2v) is 3.05. The number of hydrogen-bond acceptors (Lipinski definition) is 2. The summed E-state index contributed by atoms with van der Waals surface area (Å²) in [7, 11) is 0. The highest BCUT2D eigenvalue weighted by Gasteiger charge is 2.03. The lowest BCUT2D eigenvalue weighted by Crippen LogP contribution is -2.07. The molecule has 0 aromatic carbocycles. The molecule has 0 N–H and O–H groups in total. The van der Waals surface area contributed by atoms with Crippen molar-refractivity contribution in [2.24, 2.45) is 0 Å². The van der Waals surface area contributed by atoms with Gasteiger partial charge in [-0.25, -0.2) is 0 Å². The molecule has 0 saturated heterocycles. The first-order valence-corrected chi connectivity index (χ1v) is 4.43. The zero-order chi connectivity index (χ0) is 8.97. The van der Waals surface area contributed by atoms with Crippen LogP contribution >= 0.6 is 11.6 Å². The van der Waals surface area contributed by atoms with E-state index in [0.717, 1.165) is 11.3 Å². The molecule has 0 atom stereocenters. The summed E-state index contributed by atoms with van der Waals surface area (Å²) in [6.45, 7) is 3.95. The van der Waals surface area contributed by atoms with Gasteiger partial charge in [0, 0.05) is 11.8 Å². The fraction of sp³-hybridized carbons (Fsp3) is 0.444. The SMILES string of the molecule is CC(C)Oc1cnccc1CCl. The van der Waals surface area contributed by atoms with Crippen molar-refractivity contribution >= 4 is 11.6 Å². The molecule has 0 unspecified atom stereocenters. The van der Waals surface area contributed by atoms with Crippen molar-refractivity contribution in [3.8, 4) is 5.75 Å². The Labute approximate surface area is 77.5 Å². The van der Waals surface area contributed by atoms with Gasteiger partial charge in [0.05, 0.1) is 18.2 Å². The molecule has 0 aliphatic carbocycles. The predicted molar refractivity (Wildman–Crippen MR) is 49.6 cm³/mol. The summed E-state index contributed by atoms with van der Waals surface area (Å²) in [5.41, 5.74) is 0.986. The number of alkyl halides is 1. The van der Waals surface area contributed by atoms with E-state index in [1.807, 2.05) is 19.9 Å². The van der Waals surface area contributed by atoms with E-state index in [0.29, 0.717) is 5.88 Å². The first-order valence-electron chi connectivity index (χ1n) is 3.89. The topological polar surface area (TPSA) is 22.1 Å². The van der Waals surface area contributed by atoms with Crippen LogP contribution in [0.5, 0.6) is 5.75 Å². The molecule has 66 valence electrons. The van der Waals surface area contributed by atoms with Crippen LogP contribution in [0.2, 0.25) is 0 Å². The molecule has 3 heteroatoms. The fourth-order valence-corrected chi connectivity index (χ4v) is 1.10. The molecule has 1 aromatic heterocycles. The van der Waals surface area contributed by atoms with Gasteiger partial charge in [0.1, 0.15) is 5.75 Å². The standard InChI is InChI=1S/C9H12ClNO/c1-7(2)12-9-6-11-4-3-8(9)5-10/h3-4,6-7H,5H2,1-2H3. The number of halogens is 1. The van der Waals surface area contributed by atoms with Gasteiger partial charge in [-0.3, -0.25) is 4.98 Å². The Morgan fingerprint density at radius 2 is 2.33 bits per heavy atom. The molecule has 0 amide bonds. The van der Waals surface area contributed by atoms with Crippen LogP contribution < -0.4 is 4.74 Å². The zero-order valence-electron chi connectivity index (χ0n) is 7.25. The second kappa shape index (κ2) is 4.31. The monoisotopic (exact) mass is 185 g/mol. The molecule has 0 spiro atoms. The molecule has 2 nitrogen and oxygen atoms in total. The number of aromatic nitrogens is 1. The maximum Gasteiger partial charge on any atom is 0.142 e. The van der Waals surface area contributed by atoms with Crippen LogP contribution in [0.15, 0.2) is 18.5 Å². The normalized spacial score (nSPS) is 10.3.